The van der Waals surface area contributed by atoms with Crippen molar-refractivity contribution in [3.05, 3.63) is 39.0 Å². The number of halogens is 1. The average Bonchev–Trinajstić information content (AvgIpc) is 3.18. The van der Waals surface area contributed by atoms with Crippen LogP contribution >= 0.6 is 22.7 Å². The monoisotopic (exact) mass is 325 g/mol. The van der Waals surface area contributed by atoms with E-state index in [1.54, 1.807) is 22.2 Å². The fourth-order valence-corrected chi connectivity index (χ4v) is 3.82. The van der Waals surface area contributed by atoms with E-state index in [9.17, 15) is 9.18 Å². The van der Waals surface area contributed by atoms with Crippen molar-refractivity contribution in [1.29, 1.82) is 0 Å². The van der Waals surface area contributed by atoms with Crippen LogP contribution in [0.2, 0.25) is 0 Å². The van der Waals surface area contributed by atoms with Gasteiger partial charge in [0.15, 0.2) is 0 Å². The number of hydrogen-bond donors (Lipinski definition) is 1. The van der Waals surface area contributed by atoms with Crippen LogP contribution in [0.3, 0.4) is 0 Å². The molecule has 4 nitrogen and oxygen atoms in total. The molecule has 0 saturated carbocycles. The molecule has 112 valence electrons. The Hall–Kier alpha value is -1.31. The summed E-state index contributed by atoms with van der Waals surface area (Å²) in [6, 6.07) is 4.10. The minimum Gasteiger partial charge on any atom is -0.349 e. The van der Waals surface area contributed by atoms with Gasteiger partial charge in [-0.25, -0.2) is 9.37 Å². The largest absolute Gasteiger partial charge is 0.349 e. The zero-order valence-electron chi connectivity index (χ0n) is 11.4. The third-order valence-electron chi connectivity index (χ3n) is 3.58. The van der Waals surface area contributed by atoms with Gasteiger partial charge in [-0.05, 0) is 17.9 Å². The summed E-state index contributed by atoms with van der Waals surface area (Å²) >= 11 is 3.06. The zero-order chi connectivity index (χ0) is 14.7. The molecule has 2 atom stereocenters. The molecule has 0 unspecified atom stereocenters. The first kappa shape index (κ1) is 14.6. The first-order chi connectivity index (χ1) is 10.2. The van der Waals surface area contributed by atoms with Crippen LogP contribution in [0.4, 0.5) is 4.39 Å². The van der Waals surface area contributed by atoms with Crippen molar-refractivity contribution in [2.45, 2.75) is 25.2 Å². The van der Waals surface area contributed by atoms with Gasteiger partial charge in [0, 0.05) is 35.9 Å². The van der Waals surface area contributed by atoms with E-state index in [-0.39, 0.29) is 11.9 Å². The van der Waals surface area contributed by atoms with E-state index in [1.165, 1.54) is 16.2 Å². The number of likely N-dealkylation sites (tertiary alicyclic amines) is 1. The maximum atomic E-state index is 13.7. The highest BCUT2D eigenvalue weighted by atomic mass is 32.1. The van der Waals surface area contributed by atoms with Crippen molar-refractivity contribution in [2.75, 3.05) is 13.1 Å². The average molecular weight is 325 g/mol. The van der Waals surface area contributed by atoms with Crippen molar-refractivity contribution in [2.24, 2.45) is 0 Å². The second-order valence-corrected chi connectivity index (χ2v) is 6.83. The molecule has 1 N–H and O–H groups in total. The number of thiazole rings is 1. The predicted molar refractivity (Wildman–Crippen MR) is 82.5 cm³/mol. The number of aromatic nitrogens is 1. The number of carbonyl (C=O) groups excluding carboxylic acids is 1. The molecule has 3 rings (SSSR count). The second-order valence-electron chi connectivity index (χ2n) is 5.08. The van der Waals surface area contributed by atoms with E-state index in [4.69, 9.17) is 0 Å². The van der Waals surface area contributed by atoms with E-state index in [1.807, 2.05) is 11.4 Å². The molecule has 21 heavy (non-hydrogen) atoms. The lowest BCUT2D eigenvalue weighted by Gasteiger charge is -2.23. The fraction of sp³-hybridized carbons (Fsp3) is 0.429. The maximum absolute atomic E-state index is 13.7. The number of rotatable bonds is 5. The second kappa shape index (κ2) is 6.64. The number of thiophene rings is 1. The van der Waals surface area contributed by atoms with Crippen LogP contribution in [0, 0.1) is 0 Å². The predicted octanol–water partition coefficient (Wildman–Crippen LogP) is 2.55. The van der Waals surface area contributed by atoms with E-state index in [2.05, 4.69) is 21.3 Å². The number of amides is 1. The Bertz CT molecular complexity index is 573. The van der Waals surface area contributed by atoms with Gasteiger partial charge in [-0.3, -0.25) is 9.69 Å². The summed E-state index contributed by atoms with van der Waals surface area (Å²) in [6.07, 6.45) is -0.339. The van der Waals surface area contributed by atoms with Crippen LogP contribution in [-0.2, 0) is 6.54 Å². The molecule has 1 amide bonds. The molecular weight excluding hydrogens is 309 g/mol. The number of alkyl halides is 1. The Balaban J connectivity index is 1.56. The van der Waals surface area contributed by atoms with Crippen molar-refractivity contribution in [3.8, 4) is 0 Å². The topological polar surface area (TPSA) is 45.2 Å². The SMILES string of the molecule is O=C(NC[C@@H]1C[C@H](F)CN1Cc1cccs1)c1cscn1. The van der Waals surface area contributed by atoms with Crippen LogP contribution in [0.5, 0.6) is 0 Å². The summed E-state index contributed by atoms with van der Waals surface area (Å²) in [4.78, 5) is 19.2. The summed E-state index contributed by atoms with van der Waals surface area (Å²) in [5, 5.41) is 6.60. The Labute approximate surface area is 130 Å². The molecule has 1 saturated heterocycles. The smallest absolute Gasteiger partial charge is 0.270 e. The molecular formula is C14H16FN3OS2. The van der Waals surface area contributed by atoms with E-state index in [0.29, 0.717) is 25.2 Å². The van der Waals surface area contributed by atoms with Crippen LogP contribution in [0.25, 0.3) is 0 Å². The molecule has 1 aliphatic heterocycles. The molecule has 3 heterocycles. The lowest BCUT2D eigenvalue weighted by Crippen LogP contribution is -2.39. The first-order valence-electron chi connectivity index (χ1n) is 6.79. The Morgan fingerprint density at radius 2 is 2.48 bits per heavy atom. The van der Waals surface area contributed by atoms with Crippen molar-refractivity contribution in [1.82, 2.24) is 15.2 Å². The van der Waals surface area contributed by atoms with Gasteiger partial charge in [-0.15, -0.1) is 22.7 Å². The van der Waals surface area contributed by atoms with Crippen LogP contribution in [-0.4, -0.2) is 41.1 Å². The van der Waals surface area contributed by atoms with Crippen LogP contribution in [0.15, 0.2) is 28.4 Å². The molecule has 0 bridgehead atoms. The number of carbonyl (C=O) groups is 1. The van der Waals surface area contributed by atoms with Gasteiger partial charge in [-0.1, -0.05) is 6.07 Å². The third kappa shape index (κ3) is 3.66. The van der Waals surface area contributed by atoms with Crippen LogP contribution in [0.1, 0.15) is 21.8 Å². The molecule has 2 aromatic heterocycles. The highest BCUT2D eigenvalue weighted by molar-refractivity contribution is 7.09. The molecule has 1 aliphatic rings. The summed E-state index contributed by atoms with van der Waals surface area (Å²) in [5.41, 5.74) is 2.06. The molecule has 2 aromatic rings. The molecule has 1 fully saturated rings. The quantitative estimate of drug-likeness (QED) is 0.919. The molecule has 7 heteroatoms. The van der Waals surface area contributed by atoms with Gasteiger partial charge in [0.05, 0.1) is 5.51 Å². The highest BCUT2D eigenvalue weighted by Crippen LogP contribution is 2.23. The summed E-state index contributed by atoms with van der Waals surface area (Å²) in [6.45, 7) is 1.65. The Morgan fingerprint density at radius 1 is 1.57 bits per heavy atom. The first-order valence-corrected chi connectivity index (χ1v) is 8.61. The molecule has 0 spiro atoms. The molecule has 0 aromatic carbocycles. The lowest BCUT2D eigenvalue weighted by atomic mass is 10.2. The lowest BCUT2D eigenvalue weighted by molar-refractivity contribution is 0.0935. The fourth-order valence-electron chi connectivity index (χ4n) is 2.56. The number of nitrogens with one attached hydrogen (secondary N) is 1. The van der Waals surface area contributed by atoms with Crippen LogP contribution < -0.4 is 5.32 Å². The minimum atomic E-state index is -0.814. The zero-order valence-corrected chi connectivity index (χ0v) is 13.0. The van der Waals surface area contributed by atoms with Gasteiger partial charge in [0.2, 0.25) is 0 Å². The standard InChI is InChI=1S/C14H16FN3OS2/c15-10-4-11(5-16-14(19)13-8-20-9-17-13)18(6-10)7-12-2-1-3-21-12/h1-3,8-11H,4-7H2,(H,16,19)/t10-,11-/m0/s1. The summed E-state index contributed by atoms with van der Waals surface area (Å²) in [5.74, 6) is -0.186. The van der Waals surface area contributed by atoms with Crippen molar-refractivity contribution in [3.63, 3.8) is 0 Å². The van der Waals surface area contributed by atoms with Gasteiger partial charge >= 0.3 is 0 Å². The molecule has 0 radical (unpaired) electrons. The van der Waals surface area contributed by atoms with Gasteiger partial charge < -0.3 is 5.32 Å². The van der Waals surface area contributed by atoms with E-state index in [0.717, 1.165) is 6.54 Å². The van der Waals surface area contributed by atoms with Gasteiger partial charge in [0.1, 0.15) is 11.9 Å². The Morgan fingerprint density at radius 3 is 3.19 bits per heavy atom. The Kier molecular flexibility index (Phi) is 4.62. The maximum Gasteiger partial charge on any atom is 0.270 e. The van der Waals surface area contributed by atoms with Gasteiger partial charge in [-0.2, -0.15) is 0 Å². The number of hydrogen-bond acceptors (Lipinski definition) is 5. The summed E-state index contributed by atoms with van der Waals surface area (Å²) in [7, 11) is 0. The third-order valence-corrected chi connectivity index (χ3v) is 5.03. The highest BCUT2D eigenvalue weighted by Gasteiger charge is 2.32. The normalized spacial score (nSPS) is 22.5. The van der Waals surface area contributed by atoms with Gasteiger partial charge in [0.25, 0.3) is 5.91 Å². The van der Waals surface area contributed by atoms with E-state index < -0.39 is 6.17 Å². The van der Waals surface area contributed by atoms with Crippen molar-refractivity contribution < 1.29 is 9.18 Å². The van der Waals surface area contributed by atoms with E-state index >= 15 is 0 Å². The van der Waals surface area contributed by atoms with Crippen molar-refractivity contribution >= 4 is 28.6 Å². The molecule has 0 aliphatic carbocycles. The minimum absolute atomic E-state index is 0.0460. The summed E-state index contributed by atoms with van der Waals surface area (Å²) < 4.78 is 13.7. The number of nitrogens with zero attached hydrogens (tertiary/aromatic N) is 2.